The number of benzene rings is 2. The zero-order valence-electron chi connectivity index (χ0n) is 13.1. The number of nitrogens with one attached hydrogen (secondary N) is 1. The van der Waals surface area contributed by atoms with E-state index in [0.717, 1.165) is 17.8 Å². The molecular formula is C18H22N2O2. The molecule has 116 valence electrons. The zero-order valence-corrected chi connectivity index (χ0v) is 13.1. The van der Waals surface area contributed by atoms with Crippen LogP contribution in [0.15, 0.2) is 54.6 Å². The minimum absolute atomic E-state index is 0.362. The van der Waals surface area contributed by atoms with Crippen molar-refractivity contribution in [3.05, 3.63) is 65.7 Å². The fourth-order valence-electron chi connectivity index (χ4n) is 2.15. The highest BCUT2D eigenvalue weighted by Gasteiger charge is 2.05. The van der Waals surface area contributed by atoms with Crippen LogP contribution in [0.2, 0.25) is 0 Å². The largest absolute Gasteiger partial charge is 0.448 e. The summed E-state index contributed by atoms with van der Waals surface area (Å²) in [5.74, 6) is 0. The van der Waals surface area contributed by atoms with E-state index < -0.39 is 6.09 Å². The van der Waals surface area contributed by atoms with Crippen molar-refractivity contribution in [2.24, 2.45) is 0 Å². The van der Waals surface area contributed by atoms with Crippen molar-refractivity contribution in [2.45, 2.75) is 13.5 Å². The van der Waals surface area contributed by atoms with Gasteiger partial charge in [0.05, 0.1) is 0 Å². The van der Waals surface area contributed by atoms with Crippen LogP contribution >= 0.6 is 0 Å². The monoisotopic (exact) mass is 298 g/mol. The summed E-state index contributed by atoms with van der Waals surface area (Å²) >= 11 is 0. The van der Waals surface area contributed by atoms with Crippen molar-refractivity contribution in [1.29, 1.82) is 0 Å². The Morgan fingerprint density at radius 2 is 1.91 bits per heavy atom. The molecule has 2 aromatic carbocycles. The third-order valence-corrected chi connectivity index (χ3v) is 3.27. The molecule has 22 heavy (non-hydrogen) atoms. The van der Waals surface area contributed by atoms with E-state index in [9.17, 15) is 4.79 Å². The highest BCUT2D eigenvalue weighted by molar-refractivity contribution is 5.84. The molecule has 0 bridgehead atoms. The predicted molar refractivity (Wildman–Crippen MR) is 88.9 cm³/mol. The van der Waals surface area contributed by atoms with Gasteiger partial charge in [-0.1, -0.05) is 42.5 Å². The number of ether oxygens (including phenoxy) is 1. The van der Waals surface area contributed by atoms with Crippen molar-refractivity contribution in [1.82, 2.24) is 4.90 Å². The normalized spacial score (nSPS) is 10.5. The first-order chi connectivity index (χ1) is 10.6. The van der Waals surface area contributed by atoms with Crippen LogP contribution < -0.4 is 5.32 Å². The molecule has 0 aliphatic carbocycles. The summed E-state index contributed by atoms with van der Waals surface area (Å²) in [6.07, 6.45) is -0.418. The third-order valence-electron chi connectivity index (χ3n) is 3.27. The highest BCUT2D eigenvalue weighted by atomic mass is 16.5. The quantitative estimate of drug-likeness (QED) is 0.884. The van der Waals surface area contributed by atoms with Gasteiger partial charge in [0, 0.05) is 18.8 Å². The number of hydrogen-bond donors (Lipinski definition) is 1. The molecule has 2 aromatic rings. The fraction of sp³-hybridized carbons (Fsp3) is 0.278. The standard InChI is InChI=1S/C18H22N2O2/c1-15-7-6-10-17(13-15)19-18(21)22-12-11-20(2)14-16-8-4-3-5-9-16/h3-10,13H,11-12,14H2,1-2H3,(H,19,21). The summed E-state index contributed by atoms with van der Waals surface area (Å²) < 4.78 is 5.20. The Balaban J connectivity index is 1.68. The van der Waals surface area contributed by atoms with Gasteiger partial charge >= 0.3 is 6.09 Å². The van der Waals surface area contributed by atoms with Gasteiger partial charge in [0.15, 0.2) is 0 Å². The number of aryl methyl sites for hydroxylation is 1. The maximum Gasteiger partial charge on any atom is 0.411 e. The van der Waals surface area contributed by atoms with Crippen LogP contribution in [0, 0.1) is 6.92 Å². The third kappa shape index (κ3) is 5.58. The van der Waals surface area contributed by atoms with Gasteiger partial charge in [-0.2, -0.15) is 0 Å². The molecule has 0 radical (unpaired) electrons. The molecule has 0 aromatic heterocycles. The topological polar surface area (TPSA) is 41.6 Å². The number of hydrogen-bond acceptors (Lipinski definition) is 3. The Hall–Kier alpha value is -2.33. The second-order valence-corrected chi connectivity index (χ2v) is 5.35. The van der Waals surface area contributed by atoms with Crippen LogP contribution in [0.3, 0.4) is 0 Å². The molecule has 1 N–H and O–H groups in total. The minimum atomic E-state index is -0.418. The molecule has 0 aliphatic rings. The first-order valence-electron chi connectivity index (χ1n) is 7.36. The van der Waals surface area contributed by atoms with Gasteiger partial charge in [-0.3, -0.25) is 10.2 Å². The average Bonchev–Trinajstić information content (AvgIpc) is 2.48. The molecular weight excluding hydrogens is 276 g/mol. The summed E-state index contributed by atoms with van der Waals surface area (Å²) in [6, 6.07) is 17.8. The molecule has 4 nitrogen and oxygen atoms in total. The Morgan fingerprint density at radius 1 is 1.14 bits per heavy atom. The number of likely N-dealkylation sites (N-methyl/N-ethyl adjacent to an activating group) is 1. The van der Waals surface area contributed by atoms with Crippen molar-refractivity contribution in [3.8, 4) is 0 Å². The lowest BCUT2D eigenvalue weighted by Gasteiger charge is -2.16. The summed E-state index contributed by atoms with van der Waals surface area (Å²) in [7, 11) is 2.01. The maximum absolute atomic E-state index is 11.7. The molecule has 0 heterocycles. The minimum Gasteiger partial charge on any atom is -0.448 e. The molecule has 0 aliphatic heterocycles. The number of anilines is 1. The van der Waals surface area contributed by atoms with Crippen LogP contribution in [0.25, 0.3) is 0 Å². The van der Waals surface area contributed by atoms with Gasteiger partial charge in [-0.25, -0.2) is 4.79 Å². The van der Waals surface area contributed by atoms with Gasteiger partial charge in [0.1, 0.15) is 6.61 Å². The van der Waals surface area contributed by atoms with E-state index in [-0.39, 0.29) is 0 Å². The van der Waals surface area contributed by atoms with E-state index in [2.05, 4.69) is 22.3 Å². The number of nitrogens with zero attached hydrogens (tertiary/aromatic N) is 1. The fourth-order valence-corrected chi connectivity index (χ4v) is 2.15. The molecule has 0 unspecified atom stereocenters. The van der Waals surface area contributed by atoms with E-state index in [0.29, 0.717) is 13.2 Å². The van der Waals surface area contributed by atoms with Gasteiger partial charge in [0.25, 0.3) is 0 Å². The molecule has 0 atom stereocenters. The summed E-state index contributed by atoms with van der Waals surface area (Å²) in [4.78, 5) is 13.8. The molecule has 4 heteroatoms. The van der Waals surface area contributed by atoms with Gasteiger partial charge < -0.3 is 4.74 Å². The second-order valence-electron chi connectivity index (χ2n) is 5.35. The van der Waals surface area contributed by atoms with Crippen molar-refractivity contribution in [2.75, 3.05) is 25.5 Å². The second kappa shape index (κ2) is 8.20. The van der Waals surface area contributed by atoms with Crippen molar-refractivity contribution in [3.63, 3.8) is 0 Å². The molecule has 0 fully saturated rings. The smallest absolute Gasteiger partial charge is 0.411 e. The van der Waals surface area contributed by atoms with Crippen LogP contribution in [-0.2, 0) is 11.3 Å². The van der Waals surface area contributed by atoms with E-state index in [4.69, 9.17) is 4.74 Å². The zero-order chi connectivity index (χ0) is 15.8. The Kier molecular flexibility index (Phi) is 5.98. The SMILES string of the molecule is Cc1cccc(NC(=O)OCCN(C)Cc2ccccc2)c1. The van der Waals surface area contributed by atoms with Gasteiger partial charge in [-0.15, -0.1) is 0 Å². The predicted octanol–water partition coefficient (Wildman–Crippen LogP) is 3.68. The lowest BCUT2D eigenvalue weighted by atomic mass is 10.2. The average molecular weight is 298 g/mol. The van der Waals surface area contributed by atoms with Crippen LogP contribution in [-0.4, -0.2) is 31.2 Å². The summed E-state index contributed by atoms with van der Waals surface area (Å²) in [6.45, 7) is 3.87. The van der Waals surface area contributed by atoms with E-state index >= 15 is 0 Å². The van der Waals surface area contributed by atoms with Crippen molar-refractivity contribution >= 4 is 11.8 Å². The van der Waals surface area contributed by atoms with E-state index in [1.807, 2.05) is 56.4 Å². The van der Waals surface area contributed by atoms with Crippen molar-refractivity contribution < 1.29 is 9.53 Å². The summed E-state index contributed by atoms with van der Waals surface area (Å²) in [5, 5.41) is 2.73. The van der Waals surface area contributed by atoms with E-state index in [1.54, 1.807) is 0 Å². The molecule has 0 saturated heterocycles. The van der Waals surface area contributed by atoms with E-state index in [1.165, 1.54) is 5.56 Å². The number of rotatable bonds is 6. The Morgan fingerprint density at radius 3 is 2.64 bits per heavy atom. The molecule has 1 amide bonds. The molecule has 2 rings (SSSR count). The number of carbonyl (C=O) groups excluding carboxylic acids is 1. The lowest BCUT2D eigenvalue weighted by molar-refractivity contribution is 0.145. The number of carbonyl (C=O) groups is 1. The summed E-state index contributed by atoms with van der Waals surface area (Å²) in [5.41, 5.74) is 3.09. The van der Waals surface area contributed by atoms with Crippen LogP contribution in [0.5, 0.6) is 0 Å². The first kappa shape index (κ1) is 16.0. The maximum atomic E-state index is 11.7. The van der Waals surface area contributed by atoms with Crippen LogP contribution in [0.4, 0.5) is 10.5 Å². The lowest BCUT2D eigenvalue weighted by Crippen LogP contribution is -2.25. The molecule has 0 spiro atoms. The highest BCUT2D eigenvalue weighted by Crippen LogP contribution is 2.09. The van der Waals surface area contributed by atoms with Gasteiger partial charge in [-0.05, 0) is 37.2 Å². The molecule has 0 saturated carbocycles. The Labute approximate surface area is 131 Å². The number of amides is 1. The first-order valence-corrected chi connectivity index (χ1v) is 7.36. The van der Waals surface area contributed by atoms with Crippen LogP contribution in [0.1, 0.15) is 11.1 Å². The Bertz CT molecular complexity index is 599. The van der Waals surface area contributed by atoms with Gasteiger partial charge in [0.2, 0.25) is 0 Å².